The first-order chi connectivity index (χ1) is 16.8. The molecule has 1 aliphatic heterocycles. The Balaban J connectivity index is 0.000000348. The molecule has 0 saturated heterocycles. The normalized spacial score (nSPS) is 15.5. The van der Waals surface area contributed by atoms with Gasteiger partial charge in [-0.05, 0) is 43.4 Å². The summed E-state index contributed by atoms with van der Waals surface area (Å²) in [5.74, 6) is 1.55. The molecular weight excluding hydrogens is 416 g/mol. The maximum atomic E-state index is 4.96. The minimum absolute atomic E-state index is 0.161. The molecule has 5 rings (SSSR count). The van der Waals surface area contributed by atoms with Gasteiger partial charge in [-0.3, -0.25) is 0 Å². The number of hydrogen-bond acceptors (Lipinski definition) is 4. The van der Waals surface area contributed by atoms with Gasteiger partial charge in [0.25, 0.3) is 0 Å². The number of aliphatic imine (C=N–C) groups is 1. The molecule has 0 bridgehead atoms. The van der Waals surface area contributed by atoms with E-state index in [1.165, 1.54) is 12.8 Å². The van der Waals surface area contributed by atoms with Crippen molar-refractivity contribution in [2.24, 2.45) is 10.9 Å². The van der Waals surface area contributed by atoms with E-state index in [0.717, 1.165) is 47.0 Å². The highest BCUT2D eigenvalue weighted by atomic mass is 15.2. The lowest BCUT2D eigenvalue weighted by molar-refractivity contribution is 0.659. The third kappa shape index (κ3) is 6.76. The van der Waals surface area contributed by atoms with Crippen LogP contribution in [-0.2, 0) is 0 Å². The van der Waals surface area contributed by atoms with Crippen molar-refractivity contribution in [1.29, 1.82) is 0 Å². The van der Waals surface area contributed by atoms with Gasteiger partial charge < -0.3 is 16.0 Å². The number of amidine groups is 1. The molecule has 1 saturated carbocycles. The molecule has 4 heteroatoms. The van der Waals surface area contributed by atoms with Crippen LogP contribution >= 0.6 is 0 Å². The Bertz CT molecular complexity index is 1070. The Kier molecular flexibility index (Phi) is 9.37. The van der Waals surface area contributed by atoms with Gasteiger partial charge in [0.2, 0.25) is 0 Å². The molecule has 174 valence electrons. The average molecular weight is 451 g/mol. The topological polar surface area (TPSA) is 48.5 Å². The van der Waals surface area contributed by atoms with Crippen molar-refractivity contribution in [2.75, 3.05) is 17.2 Å². The molecule has 3 N–H and O–H groups in total. The molecule has 3 aromatic rings. The number of fused-ring (bicyclic) bond motifs is 1. The lowest BCUT2D eigenvalue weighted by Crippen LogP contribution is -2.34. The molecule has 1 heterocycles. The number of benzene rings is 3. The average Bonchev–Trinajstić information content (AvgIpc) is 3.76. The second-order valence-corrected chi connectivity index (χ2v) is 8.18. The van der Waals surface area contributed by atoms with Crippen molar-refractivity contribution in [1.82, 2.24) is 5.32 Å². The van der Waals surface area contributed by atoms with Crippen molar-refractivity contribution in [3.8, 4) is 12.8 Å². The van der Waals surface area contributed by atoms with Crippen molar-refractivity contribution in [3.05, 3.63) is 103 Å². The van der Waals surface area contributed by atoms with Gasteiger partial charge >= 0.3 is 0 Å². The van der Waals surface area contributed by atoms with Crippen LogP contribution in [0.25, 0.3) is 5.70 Å². The van der Waals surface area contributed by atoms with Crippen LogP contribution in [0.1, 0.15) is 37.3 Å². The molecule has 0 spiro atoms. The molecule has 0 aromatic heterocycles. The molecule has 0 radical (unpaired) electrons. The van der Waals surface area contributed by atoms with E-state index in [2.05, 4.69) is 84.8 Å². The van der Waals surface area contributed by atoms with Gasteiger partial charge in [0, 0.05) is 34.7 Å². The summed E-state index contributed by atoms with van der Waals surface area (Å²) in [6, 6.07) is 28.6. The van der Waals surface area contributed by atoms with Crippen LogP contribution in [0.4, 0.5) is 11.4 Å². The number of para-hydroxylation sites is 2. The Morgan fingerprint density at radius 3 is 2.21 bits per heavy atom. The fraction of sp³-hybridized carbons (Fsp3) is 0.233. The maximum absolute atomic E-state index is 4.96. The molecule has 34 heavy (non-hydrogen) atoms. The van der Waals surface area contributed by atoms with Crippen LogP contribution < -0.4 is 16.0 Å². The first kappa shape index (κ1) is 24.7. The largest absolute Gasteiger partial charge is 0.385 e. The summed E-state index contributed by atoms with van der Waals surface area (Å²) in [5.41, 5.74) is 5.31. The highest BCUT2D eigenvalue weighted by molar-refractivity contribution is 6.08. The zero-order valence-electron chi connectivity index (χ0n) is 19.9. The second kappa shape index (κ2) is 12.9. The highest BCUT2D eigenvalue weighted by Gasteiger charge is 2.34. The predicted molar refractivity (Wildman–Crippen MR) is 147 cm³/mol. The van der Waals surface area contributed by atoms with Crippen molar-refractivity contribution < 1.29 is 0 Å². The van der Waals surface area contributed by atoms with E-state index in [-0.39, 0.29) is 6.17 Å². The van der Waals surface area contributed by atoms with Gasteiger partial charge in [0.15, 0.2) is 0 Å². The quantitative estimate of drug-likeness (QED) is 0.370. The van der Waals surface area contributed by atoms with Gasteiger partial charge in [0.1, 0.15) is 12.0 Å². The van der Waals surface area contributed by atoms with E-state index in [4.69, 9.17) is 4.99 Å². The van der Waals surface area contributed by atoms with Gasteiger partial charge in [-0.2, -0.15) is 0 Å². The van der Waals surface area contributed by atoms with Gasteiger partial charge in [-0.15, -0.1) is 12.8 Å². The van der Waals surface area contributed by atoms with Crippen LogP contribution in [0.15, 0.2) is 96.5 Å². The summed E-state index contributed by atoms with van der Waals surface area (Å²) in [6.07, 6.45) is 11.7. The van der Waals surface area contributed by atoms with Crippen molar-refractivity contribution in [2.45, 2.75) is 32.4 Å². The zero-order valence-corrected chi connectivity index (χ0v) is 19.9. The van der Waals surface area contributed by atoms with Crippen LogP contribution in [0.5, 0.6) is 0 Å². The summed E-state index contributed by atoms with van der Waals surface area (Å²) < 4.78 is 0. The minimum atomic E-state index is 0.161. The Labute approximate surface area is 204 Å². The fourth-order valence-corrected chi connectivity index (χ4v) is 3.71. The van der Waals surface area contributed by atoms with Crippen LogP contribution in [0.3, 0.4) is 0 Å². The van der Waals surface area contributed by atoms with E-state index in [1.807, 2.05) is 42.5 Å². The smallest absolute Gasteiger partial charge is 0.137 e. The predicted octanol–water partition coefficient (Wildman–Crippen LogP) is 6.61. The zero-order chi connectivity index (χ0) is 24.2. The van der Waals surface area contributed by atoms with Gasteiger partial charge in [-0.1, -0.05) is 80.2 Å². The number of nitrogens with zero attached hydrogens (tertiary/aromatic N) is 1. The standard InChI is InChI=1S/C22H26N4.C6H6.C2H2/c1-3-14-23-19-10-6-4-8-17(19)15(2)24-22-18-9-5-7-11-20(18)25-21(26-22)16-12-13-16;1-2-4-6-5-3-1;1-2/h4-11,16,21,23,25H,2-3,12-14H2,1H3,(H,24,26);1-6H;1-2H. The molecule has 1 fully saturated rings. The lowest BCUT2D eigenvalue weighted by Gasteiger charge is -2.27. The maximum Gasteiger partial charge on any atom is 0.137 e. The molecule has 1 unspecified atom stereocenters. The molecule has 1 aliphatic carbocycles. The molecule has 0 amide bonds. The second-order valence-electron chi connectivity index (χ2n) is 8.18. The third-order valence-corrected chi connectivity index (χ3v) is 5.58. The SMILES string of the molecule is C#C.C=C(NC1=NC(C2CC2)Nc2ccccc21)c1ccccc1NCCC.c1ccccc1. The van der Waals surface area contributed by atoms with E-state index in [1.54, 1.807) is 0 Å². The molecule has 2 aliphatic rings. The van der Waals surface area contributed by atoms with E-state index in [0.29, 0.717) is 5.92 Å². The monoisotopic (exact) mass is 450 g/mol. The van der Waals surface area contributed by atoms with Crippen molar-refractivity contribution in [3.63, 3.8) is 0 Å². The Morgan fingerprint density at radius 2 is 1.56 bits per heavy atom. The lowest BCUT2D eigenvalue weighted by atomic mass is 10.1. The van der Waals surface area contributed by atoms with Gasteiger partial charge in [-0.25, -0.2) is 4.99 Å². The molecule has 4 nitrogen and oxygen atoms in total. The van der Waals surface area contributed by atoms with Crippen LogP contribution in [-0.4, -0.2) is 18.5 Å². The van der Waals surface area contributed by atoms with Gasteiger partial charge in [0.05, 0.1) is 0 Å². The summed E-state index contributed by atoms with van der Waals surface area (Å²) in [5, 5.41) is 10.6. The number of anilines is 2. The summed E-state index contributed by atoms with van der Waals surface area (Å²) >= 11 is 0. The minimum Gasteiger partial charge on any atom is -0.385 e. The first-order valence-corrected chi connectivity index (χ1v) is 11.8. The third-order valence-electron chi connectivity index (χ3n) is 5.58. The number of rotatable bonds is 6. The van der Waals surface area contributed by atoms with E-state index < -0.39 is 0 Å². The van der Waals surface area contributed by atoms with E-state index in [9.17, 15) is 0 Å². The molecule has 3 aromatic carbocycles. The van der Waals surface area contributed by atoms with E-state index >= 15 is 0 Å². The highest BCUT2D eigenvalue weighted by Crippen LogP contribution is 2.37. The Morgan fingerprint density at radius 1 is 0.941 bits per heavy atom. The Hall–Kier alpha value is -3.97. The van der Waals surface area contributed by atoms with Crippen molar-refractivity contribution >= 4 is 22.9 Å². The molecular formula is C30H34N4. The molecule has 1 atom stereocenters. The summed E-state index contributed by atoms with van der Waals surface area (Å²) in [4.78, 5) is 4.96. The summed E-state index contributed by atoms with van der Waals surface area (Å²) in [7, 11) is 0. The van der Waals surface area contributed by atoms with Crippen LogP contribution in [0.2, 0.25) is 0 Å². The first-order valence-electron chi connectivity index (χ1n) is 11.8. The summed E-state index contributed by atoms with van der Waals surface area (Å²) in [6.45, 7) is 7.41. The number of terminal acetylenes is 1. The van der Waals surface area contributed by atoms with Crippen LogP contribution in [0, 0.1) is 18.8 Å². The number of nitrogens with one attached hydrogen (secondary N) is 3. The fourth-order valence-electron chi connectivity index (χ4n) is 3.71. The number of hydrogen-bond donors (Lipinski definition) is 3.